The van der Waals surface area contributed by atoms with Crippen LogP contribution in [0.15, 0.2) is 0 Å². The lowest BCUT2D eigenvalue weighted by molar-refractivity contribution is -0.110. The van der Waals surface area contributed by atoms with Crippen LogP contribution in [-0.2, 0) is 10.0 Å². The van der Waals surface area contributed by atoms with Crippen molar-refractivity contribution < 1.29 is 21.8 Å². The van der Waals surface area contributed by atoms with Crippen LogP contribution < -0.4 is 0 Å². The molecule has 7 heteroatoms. The summed E-state index contributed by atoms with van der Waals surface area (Å²) in [6.07, 6.45) is -3.81. The second kappa shape index (κ2) is 3.52. The van der Waals surface area contributed by atoms with E-state index in [2.05, 4.69) is 10.7 Å². The largest absolute Gasteiger partial charge is 0.319 e. The highest BCUT2D eigenvalue weighted by molar-refractivity contribution is 8.08. The van der Waals surface area contributed by atoms with Crippen LogP contribution in [0.3, 0.4) is 0 Å². The zero-order valence-corrected chi connectivity index (χ0v) is 6.06. The highest BCUT2D eigenvalue weighted by Gasteiger charge is 2.42. The number of alkyl halides is 4. The maximum Gasteiger partial charge on any atom is 0.319 e. The first-order chi connectivity index (χ1) is 4.36. The van der Waals surface area contributed by atoms with E-state index in [1.807, 2.05) is 0 Å². The number of rotatable bonds is 3. The van der Waals surface area contributed by atoms with Gasteiger partial charge < -0.3 is 0 Å². The SMILES string of the molecule is O=S(Cl)CC(F)(F)C(F)F. The van der Waals surface area contributed by atoms with Crippen LogP contribution in [-0.4, -0.2) is 22.3 Å². The maximum absolute atomic E-state index is 11.8. The zero-order valence-electron chi connectivity index (χ0n) is 4.49. The lowest BCUT2D eigenvalue weighted by atomic mass is 10.4. The molecule has 0 amide bonds. The number of hydrogen-bond acceptors (Lipinski definition) is 1. The second-order valence-corrected chi connectivity index (χ2v) is 3.40. The van der Waals surface area contributed by atoms with E-state index in [0.29, 0.717) is 0 Å². The number of hydrogen-bond donors (Lipinski definition) is 0. The van der Waals surface area contributed by atoms with Crippen molar-refractivity contribution in [3.63, 3.8) is 0 Å². The van der Waals surface area contributed by atoms with Gasteiger partial charge in [-0.2, -0.15) is 8.78 Å². The minimum Gasteiger partial charge on any atom is -0.242 e. The molecule has 0 heterocycles. The molecule has 0 aromatic rings. The Morgan fingerprint density at radius 1 is 1.50 bits per heavy atom. The third-order valence-electron chi connectivity index (χ3n) is 0.625. The van der Waals surface area contributed by atoms with E-state index < -0.39 is 28.1 Å². The van der Waals surface area contributed by atoms with Crippen LogP contribution in [0.1, 0.15) is 0 Å². The molecular formula is C3H3ClF4OS. The van der Waals surface area contributed by atoms with Crippen LogP contribution in [0.25, 0.3) is 0 Å². The summed E-state index contributed by atoms with van der Waals surface area (Å²) in [7, 11) is 2.15. The summed E-state index contributed by atoms with van der Waals surface area (Å²) in [5.41, 5.74) is 0. The van der Waals surface area contributed by atoms with Gasteiger partial charge in [-0.1, -0.05) is 0 Å². The van der Waals surface area contributed by atoms with Gasteiger partial charge in [0.15, 0.2) is 0 Å². The van der Waals surface area contributed by atoms with Gasteiger partial charge in [-0.3, -0.25) is 0 Å². The van der Waals surface area contributed by atoms with Crippen molar-refractivity contribution in [2.45, 2.75) is 12.3 Å². The molecule has 1 nitrogen and oxygen atoms in total. The van der Waals surface area contributed by atoms with Gasteiger partial charge in [-0.25, -0.2) is 13.0 Å². The summed E-state index contributed by atoms with van der Waals surface area (Å²) < 4.78 is 55.8. The summed E-state index contributed by atoms with van der Waals surface area (Å²) in [5.74, 6) is -5.75. The van der Waals surface area contributed by atoms with Crippen molar-refractivity contribution in [2.75, 3.05) is 5.75 Å². The summed E-state index contributed by atoms with van der Waals surface area (Å²) in [6, 6.07) is 0. The standard InChI is InChI=1S/C3H3ClF4OS/c4-10(9)1-3(7,8)2(5)6/h2H,1H2. The highest BCUT2D eigenvalue weighted by Crippen LogP contribution is 2.24. The Kier molecular flexibility index (Phi) is 3.58. The van der Waals surface area contributed by atoms with Crippen LogP contribution in [0.4, 0.5) is 17.6 Å². The zero-order chi connectivity index (χ0) is 8.36. The molecule has 0 radical (unpaired) electrons. The fraction of sp³-hybridized carbons (Fsp3) is 1.00. The quantitative estimate of drug-likeness (QED) is 0.499. The predicted molar refractivity (Wildman–Crippen MR) is 29.8 cm³/mol. The average molecular weight is 199 g/mol. The fourth-order valence-electron chi connectivity index (χ4n) is 0.214. The summed E-state index contributed by atoms with van der Waals surface area (Å²) >= 11 is 0. The molecule has 0 aliphatic rings. The molecule has 1 unspecified atom stereocenters. The maximum atomic E-state index is 11.8. The lowest BCUT2D eigenvalue weighted by Crippen LogP contribution is -2.31. The minimum atomic E-state index is -4.24. The van der Waals surface area contributed by atoms with Gasteiger partial charge in [0.05, 0.1) is 0 Å². The molecule has 0 N–H and O–H groups in total. The molecule has 0 bridgehead atoms. The van der Waals surface area contributed by atoms with Crippen molar-refractivity contribution in [3.05, 3.63) is 0 Å². The first-order valence-corrected chi connectivity index (χ1v) is 4.21. The van der Waals surface area contributed by atoms with Gasteiger partial charge in [0.25, 0.3) is 0 Å². The normalized spacial score (nSPS) is 15.8. The topological polar surface area (TPSA) is 17.1 Å². The third-order valence-corrected chi connectivity index (χ3v) is 1.56. The summed E-state index contributed by atoms with van der Waals surface area (Å²) in [4.78, 5) is 0. The van der Waals surface area contributed by atoms with Crippen LogP contribution in [0.5, 0.6) is 0 Å². The van der Waals surface area contributed by atoms with E-state index in [4.69, 9.17) is 0 Å². The van der Waals surface area contributed by atoms with Crippen molar-refractivity contribution in [3.8, 4) is 0 Å². The molecule has 0 aliphatic carbocycles. The molecule has 0 spiro atoms. The van der Waals surface area contributed by atoms with Gasteiger partial charge >= 0.3 is 12.3 Å². The molecule has 0 aliphatic heterocycles. The average Bonchev–Trinajstić information content (AvgIpc) is 1.60. The first-order valence-electron chi connectivity index (χ1n) is 2.07. The number of halogens is 5. The van der Waals surface area contributed by atoms with Crippen molar-refractivity contribution in [1.29, 1.82) is 0 Å². The van der Waals surface area contributed by atoms with Crippen molar-refractivity contribution in [2.24, 2.45) is 0 Å². The second-order valence-electron chi connectivity index (χ2n) is 1.50. The van der Waals surface area contributed by atoms with E-state index in [9.17, 15) is 21.8 Å². The molecule has 10 heavy (non-hydrogen) atoms. The Labute approximate surface area is 61.3 Å². The molecule has 0 rings (SSSR count). The van der Waals surface area contributed by atoms with Gasteiger partial charge in [0, 0.05) is 0 Å². The molecule has 1 atom stereocenters. The van der Waals surface area contributed by atoms with E-state index in [1.165, 1.54) is 0 Å². The molecule has 0 saturated heterocycles. The van der Waals surface area contributed by atoms with Crippen LogP contribution >= 0.6 is 10.7 Å². The van der Waals surface area contributed by atoms with Crippen molar-refractivity contribution >= 4 is 20.7 Å². The summed E-state index contributed by atoms with van der Waals surface area (Å²) in [6.45, 7) is 0. The van der Waals surface area contributed by atoms with Crippen LogP contribution in [0, 0.1) is 0 Å². The van der Waals surface area contributed by atoms with Crippen molar-refractivity contribution in [1.82, 2.24) is 0 Å². The molecule has 0 fully saturated rings. The van der Waals surface area contributed by atoms with E-state index >= 15 is 0 Å². The lowest BCUT2D eigenvalue weighted by Gasteiger charge is -2.11. The Morgan fingerprint density at radius 3 is 2.00 bits per heavy atom. The molecular weight excluding hydrogens is 196 g/mol. The minimum absolute atomic E-state index is 1.51. The third kappa shape index (κ3) is 3.36. The molecule has 0 aromatic carbocycles. The van der Waals surface area contributed by atoms with Gasteiger partial charge in [0.1, 0.15) is 15.8 Å². The van der Waals surface area contributed by atoms with Gasteiger partial charge in [0.2, 0.25) is 0 Å². The molecule has 0 aromatic heterocycles. The van der Waals surface area contributed by atoms with E-state index in [1.54, 1.807) is 0 Å². The van der Waals surface area contributed by atoms with E-state index in [-0.39, 0.29) is 0 Å². The Bertz CT molecular complexity index is 138. The van der Waals surface area contributed by atoms with Gasteiger partial charge in [-0.15, -0.1) is 0 Å². The molecule has 0 saturated carbocycles. The fourth-order valence-corrected chi connectivity index (χ4v) is 1.08. The predicted octanol–water partition coefficient (Wildman–Crippen LogP) is 1.79. The first kappa shape index (κ1) is 10.2. The monoisotopic (exact) mass is 198 g/mol. The van der Waals surface area contributed by atoms with Crippen LogP contribution in [0.2, 0.25) is 0 Å². The van der Waals surface area contributed by atoms with Gasteiger partial charge in [-0.05, 0) is 10.7 Å². The Morgan fingerprint density at radius 2 is 1.90 bits per heavy atom. The highest BCUT2D eigenvalue weighted by atomic mass is 35.7. The molecule has 62 valence electrons. The smallest absolute Gasteiger partial charge is 0.242 e. The summed E-state index contributed by atoms with van der Waals surface area (Å²) in [5, 5.41) is 0. The Hall–Kier alpha value is 0.160. The Balaban J connectivity index is 3.99. The van der Waals surface area contributed by atoms with E-state index in [0.717, 1.165) is 0 Å².